The molecule has 0 aromatic heterocycles. The molecular weight excluding hydrogens is 731 g/mol. The molecule has 8 nitrogen and oxygen atoms in total. The number of barbiturate groups is 1. The van der Waals surface area contributed by atoms with Crippen LogP contribution in [0.25, 0.3) is 16.8 Å². The molecule has 47 heavy (non-hydrogen) atoms. The predicted molar refractivity (Wildman–Crippen MR) is 190 cm³/mol. The predicted octanol–water partition coefficient (Wildman–Crippen LogP) is 8.32. The van der Waals surface area contributed by atoms with Crippen molar-refractivity contribution in [3.8, 4) is 17.2 Å². The molecule has 0 radical (unpaired) electrons. The van der Waals surface area contributed by atoms with E-state index in [-0.39, 0.29) is 11.3 Å². The molecule has 0 bridgehead atoms. The van der Waals surface area contributed by atoms with Gasteiger partial charge in [0.2, 0.25) is 0 Å². The number of hydrogen-bond acceptors (Lipinski definition) is 6. The van der Waals surface area contributed by atoms with Crippen molar-refractivity contribution in [3.63, 3.8) is 0 Å². The minimum absolute atomic E-state index is 0.199. The average Bonchev–Trinajstić information content (AvgIpc) is 3.07. The summed E-state index contributed by atoms with van der Waals surface area (Å²) in [5.41, 5.74) is 2.59. The van der Waals surface area contributed by atoms with E-state index in [1.165, 1.54) is 6.08 Å². The number of carbonyl (C=O) groups is 3. The van der Waals surface area contributed by atoms with Crippen LogP contribution < -0.4 is 24.4 Å². The molecule has 0 spiro atoms. The lowest BCUT2D eigenvalue weighted by atomic mass is 10.1. The zero-order valence-corrected chi connectivity index (χ0v) is 28.1. The molecule has 4 amide bonds. The van der Waals surface area contributed by atoms with Gasteiger partial charge >= 0.3 is 6.03 Å². The quantitative estimate of drug-likeness (QED) is 0.0875. The van der Waals surface area contributed by atoms with Gasteiger partial charge in [-0.25, -0.2) is 9.69 Å². The topological polar surface area (TPSA) is 94.2 Å². The summed E-state index contributed by atoms with van der Waals surface area (Å²) < 4.78 is 18.8. The summed E-state index contributed by atoms with van der Waals surface area (Å²) in [4.78, 5) is 40.2. The number of benzene rings is 5. The Morgan fingerprint density at radius 1 is 0.830 bits per heavy atom. The Morgan fingerprint density at radius 3 is 2.34 bits per heavy atom. The van der Waals surface area contributed by atoms with Crippen LogP contribution in [0.3, 0.4) is 0 Å². The third-order valence-corrected chi connectivity index (χ3v) is 8.46. The Bertz CT molecular complexity index is 2010. The van der Waals surface area contributed by atoms with E-state index in [9.17, 15) is 14.4 Å². The smallest absolute Gasteiger partial charge is 0.335 e. The second-order valence-electron chi connectivity index (χ2n) is 10.6. The second kappa shape index (κ2) is 14.3. The first-order chi connectivity index (χ1) is 22.8. The number of fused-ring (bicyclic) bond motifs is 1. The van der Waals surface area contributed by atoms with Gasteiger partial charge in [0.1, 0.15) is 24.5 Å². The fraction of sp³-hybridized carbons (Fsp3) is 0.108. The minimum atomic E-state index is -0.839. The number of anilines is 1. The standard InChI is InChI=1S/C37H28ClIN2O6/c1-2-45-33-20-24(19-32(39)34(33)47-22-26-8-5-7-25-6-3-4-9-30(25)26)18-31-35(42)40-37(44)41(36(31)43)28-14-16-29(17-15-28)46-21-23-10-12-27(38)13-11-23/h3-20H,2,21-22H2,1H3,(H,40,42,44)/b31-18+. The van der Waals surface area contributed by atoms with Crippen molar-refractivity contribution in [2.75, 3.05) is 11.5 Å². The van der Waals surface area contributed by atoms with Gasteiger partial charge in [0, 0.05) is 5.02 Å². The maximum atomic E-state index is 13.6. The summed E-state index contributed by atoms with van der Waals surface area (Å²) in [6, 6.07) is 30.6. The van der Waals surface area contributed by atoms with Crippen LogP contribution in [0.5, 0.6) is 17.2 Å². The first-order valence-corrected chi connectivity index (χ1v) is 16.2. The Hall–Kier alpha value is -4.87. The normalized spacial score (nSPS) is 14.0. The zero-order valence-electron chi connectivity index (χ0n) is 25.2. The number of rotatable bonds is 10. The van der Waals surface area contributed by atoms with E-state index in [0.29, 0.717) is 47.7 Å². The molecular formula is C37H28ClIN2O6. The van der Waals surface area contributed by atoms with Crippen molar-refractivity contribution >= 4 is 74.6 Å². The van der Waals surface area contributed by atoms with Gasteiger partial charge in [-0.05, 0) is 112 Å². The summed E-state index contributed by atoms with van der Waals surface area (Å²) in [7, 11) is 0. The summed E-state index contributed by atoms with van der Waals surface area (Å²) in [6.07, 6.45) is 1.44. The highest BCUT2D eigenvalue weighted by atomic mass is 127. The van der Waals surface area contributed by atoms with E-state index in [1.807, 2.05) is 43.3 Å². The van der Waals surface area contributed by atoms with Crippen LogP contribution in [0.2, 0.25) is 5.02 Å². The number of nitrogens with zero attached hydrogens (tertiary/aromatic N) is 1. The molecule has 1 saturated heterocycles. The van der Waals surface area contributed by atoms with Crippen LogP contribution in [-0.4, -0.2) is 24.5 Å². The fourth-order valence-electron chi connectivity index (χ4n) is 5.14. The summed E-state index contributed by atoms with van der Waals surface area (Å²) in [5, 5.41) is 5.13. The molecule has 1 aliphatic rings. The van der Waals surface area contributed by atoms with E-state index in [1.54, 1.807) is 48.5 Å². The van der Waals surface area contributed by atoms with Crippen LogP contribution in [0.15, 0.2) is 109 Å². The molecule has 1 aliphatic heterocycles. The summed E-state index contributed by atoms with van der Waals surface area (Å²) in [6.45, 7) is 2.88. The first-order valence-electron chi connectivity index (χ1n) is 14.7. The van der Waals surface area contributed by atoms with Crippen molar-refractivity contribution in [1.29, 1.82) is 0 Å². The Balaban J connectivity index is 1.22. The molecule has 6 rings (SSSR count). The number of urea groups is 1. The number of nitrogens with one attached hydrogen (secondary N) is 1. The van der Waals surface area contributed by atoms with Crippen LogP contribution >= 0.6 is 34.2 Å². The monoisotopic (exact) mass is 758 g/mol. The number of imide groups is 2. The molecule has 1 N–H and O–H groups in total. The van der Waals surface area contributed by atoms with Gasteiger partial charge < -0.3 is 14.2 Å². The van der Waals surface area contributed by atoms with Gasteiger partial charge in [0.05, 0.1) is 15.9 Å². The lowest BCUT2D eigenvalue weighted by Gasteiger charge is -2.26. The molecule has 0 saturated carbocycles. The number of hydrogen-bond donors (Lipinski definition) is 1. The Kier molecular flexibility index (Phi) is 9.74. The lowest BCUT2D eigenvalue weighted by Crippen LogP contribution is -2.54. The lowest BCUT2D eigenvalue weighted by molar-refractivity contribution is -0.122. The highest BCUT2D eigenvalue weighted by molar-refractivity contribution is 14.1. The van der Waals surface area contributed by atoms with Gasteiger partial charge in [-0.3, -0.25) is 14.9 Å². The van der Waals surface area contributed by atoms with Gasteiger partial charge in [0.25, 0.3) is 11.8 Å². The maximum absolute atomic E-state index is 13.6. The number of halogens is 2. The van der Waals surface area contributed by atoms with Crippen molar-refractivity contribution < 1.29 is 28.6 Å². The Labute approximate surface area is 290 Å². The molecule has 0 unspecified atom stereocenters. The molecule has 0 atom stereocenters. The third kappa shape index (κ3) is 7.26. The zero-order chi connectivity index (χ0) is 32.9. The summed E-state index contributed by atoms with van der Waals surface area (Å²) in [5.74, 6) is 0.0249. The molecule has 5 aromatic carbocycles. The molecule has 5 aromatic rings. The molecule has 1 heterocycles. The highest BCUT2D eigenvalue weighted by Gasteiger charge is 2.37. The largest absolute Gasteiger partial charge is 0.490 e. The third-order valence-electron chi connectivity index (χ3n) is 7.41. The Morgan fingerprint density at radius 2 is 1.57 bits per heavy atom. The van der Waals surface area contributed by atoms with E-state index in [4.69, 9.17) is 25.8 Å². The van der Waals surface area contributed by atoms with Gasteiger partial charge in [-0.1, -0.05) is 66.2 Å². The molecule has 1 fully saturated rings. The number of carbonyl (C=O) groups excluding carboxylic acids is 3. The van der Waals surface area contributed by atoms with Crippen LogP contribution in [0.4, 0.5) is 10.5 Å². The van der Waals surface area contributed by atoms with Gasteiger partial charge in [0.15, 0.2) is 11.5 Å². The highest BCUT2D eigenvalue weighted by Crippen LogP contribution is 2.36. The second-order valence-corrected chi connectivity index (χ2v) is 12.2. The first kappa shape index (κ1) is 32.1. The van der Waals surface area contributed by atoms with Crippen LogP contribution in [0.1, 0.15) is 23.6 Å². The summed E-state index contributed by atoms with van der Waals surface area (Å²) >= 11 is 8.09. The van der Waals surface area contributed by atoms with Crippen LogP contribution in [0, 0.1) is 3.57 Å². The van der Waals surface area contributed by atoms with E-state index >= 15 is 0 Å². The molecule has 10 heteroatoms. The van der Waals surface area contributed by atoms with Crippen molar-refractivity contribution in [2.24, 2.45) is 0 Å². The van der Waals surface area contributed by atoms with Gasteiger partial charge in [-0.2, -0.15) is 0 Å². The molecule has 236 valence electrons. The van der Waals surface area contributed by atoms with Crippen LogP contribution in [-0.2, 0) is 22.8 Å². The van der Waals surface area contributed by atoms with E-state index in [0.717, 1.165) is 30.4 Å². The SMILES string of the molecule is CCOc1cc(/C=C2\C(=O)NC(=O)N(c3ccc(OCc4ccc(Cl)cc4)cc3)C2=O)cc(I)c1OCc1cccc2ccccc12. The van der Waals surface area contributed by atoms with Crippen molar-refractivity contribution in [2.45, 2.75) is 20.1 Å². The van der Waals surface area contributed by atoms with Gasteiger partial charge in [-0.15, -0.1) is 0 Å². The minimum Gasteiger partial charge on any atom is -0.490 e. The van der Waals surface area contributed by atoms with Crippen molar-refractivity contribution in [1.82, 2.24) is 5.32 Å². The van der Waals surface area contributed by atoms with Crippen molar-refractivity contribution in [3.05, 3.63) is 134 Å². The number of amides is 4. The number of ether oxygens (including phenoxy) is 3. The maximum Gasteiger partial charge on any atom is 0.335 e. The van der Waals surface area contributed by atoms with E-state index in [2.05, 4.69) is 46.1 Å². The molecule has 0 aliphatic carbocycles. The fourth-order valence-corrected chi connectivity index (χ4v) is 6.05. The average molecular weight is 759 g/mol. The van der Waals surface area contributed by atoms with E-state index < -0.39 is 17.8 Å².